The first-order valence-electron chi connectivity index (χ1n) is 4.68. The molecule has 0 aromatic rings. The van der Waals surface area contributed by atoms with Crippen LogP contribution in [0.3, 0.4) is 0 Å². The molecule has 0 aliphatic heterocycles. The summed E-state index contributed by atoms with van der Waals surface area (Å²) in [6.07, 6.45) is 7.95. The molecule has 0 aromatic carbocycles. The van der Waals surface area contributed by atoms with Crippen LogP contribution in [0.15, 0.2) is 0 Å². The van der Waals surface area contributed by atoms with Crippen molar-refractivity contribution in [2.75, 3.05) is 5.33 Å². The lowest BCUT2D eigenvalue weighted by atomic mass is 10.1. The average molecular weight is 302 g/mol. The van der Waals surface area contributed by atoms with Gasteiger partial charge in [-0.05, 0) is 19.3 Å². The van der Waals surface area contributed by atoms with Crippen LogP contribution >= 0.6 is 32.2 Å². The lowest BCUT2D eigenvalue weighted by molar-refractivity contribution is 0.233. The summed E-state index contributed by atoms with van der Waals surface area (Å²) < 4.78 is 5.11. The molecule has 0 fully saturated rings. The van der Waals surface area contributed by atoms with Crippen LogP contribution in [0.5, 0.6) is 0 Å². The number of alkyl halides is 1. The predicted molar refractivity (Wildman–Crippen MR) is 61.0 cm³/mol. The van der Waals surface area contributed by atoms with Gasteiger partial charge in [-0.15, -0.1) is 0 Å². The molecule has 12 heavy (non-hydrogen) atoms. The van der Waals surface area contributed by atoms with E-state index in [1.54, 1.807) is 0 Å². The third-order valence-corrected chi connectivity index (χ3v) is 3.08. The first kappa shape index (κ1) is 12.9. The summed E-state index contributed by atoms with van der Waals surface area (Å²) in [6.45, 7) is 2.16. The first-order valence-corrected chi connectivity index (χ1v) is 6.45. The Labute approximate surface area is 92.8 Å². The van der Waals surface area contributed by atoms with Gasteiger partial charge in [0, 0.05) is 5.33 Å². The number of unbranched alkanes of at least 4 members (excludes halogenated alkanes) is 3. The Morgan fingerprint density at radius 3 is 2.33 bits per heavy atom. The molecule has 0 aromatic heterocycles. The smallest absolute Gasteiger partial charge is 0.0990 e. The van der Waals surface area contributed by atoms with Crippen molar-refractivity contribution < 1.29 is 3.83 Å². The molecular weight excluding hydrogens is 284 g/mol. The minimum absolute atomic E-state index is 0.411. The Morgan fingerprint density at radius 2 is 1.83 bits per heavy atom. The second-order valence-corrected chi connectivity index (χ2v) is 4.18. The van der Waals surface area contributed by atoms with Crippen LogP contribution in [0, 0.1) is 0 Å². The molecule has 0 N–H and O–H groups in total. The molecular formula is C9H18Br2O. The van der Waals surface area contributed by atoms with Gasteiger partial charge < -0.3 is 3.83 Å². The van der Waals surface area contributed by atoms with E-state index < -0.39 is 0 Å². The Kier molecular flexibility index (Phi) is 10.8. The molecule has 0 aliphatic rings. The molecule has 3 heteroatoms. The number of hydrogen-bond acceptors (Lipinski definition) is 1. The van der Waals surface area contributed by atoms with Crippen LogP contribution in [0.25, 0.3) is 0 Å². The van der Waals surface area contributed by atoms with Gasteiger partial charge in [-0.2, -0.15) is 0 Å². The maximum Gasteiger partial charge on any atom is 0.0990 e. The van der Waals surface area contributed by atoms with E-state index in [0.717, 1.165) is 11.8 Å². The summed E-state index contributed by atoms with van der Waals surface area (Å²) in [5, 5.41) is 1.14. The van der Waals surface area contributed by atoms with Gasteiger partial charge in [-0.1, -0.05) is 42.1 Å². The summed E-state index contributed by atoms with van der Waals surface area (Å²) in [7, 11) is 0. The molecule has 0 radical (unpaired) electrons. The average Bonchev–Trinajstić information content (AvgIpc) is 2.11. The highest BCUT2D eigenvalue weighted by atomic mass is 79.9. The van der Waals surface area contributed by atoms with Crippen molar-refractivity contribution in [1.82, 2.24) is 0 Å². The number of halogens is 2. The van der Waals surface area contributed by atoms with E-state index in [2.05, 4.69) is 39.1 Å². The van der Waals surface area contributed by atoms with Gasteiger partial charge in [0.25, 0.3) is 0 Å². The van der Waals surface area contributed by atoms with Gasteiger partial charge in [-0.25, -0.2) is 0 Å². The highest BCUT2D eigenvalue weighted by Gasteiger charge is 2.03. The van der Waals surface area contributed by atoms with Crippen molar-refractivity contribution in [3.05, 3.63) is 0 Å². The third-order valence-electron chi connectivity index (χ3n) is 1.99. The maximum atomic E-state index is 5.11. The van der Waals surface area contributed by atoms with Crippen molar-refractivity contribution in [3.63, 3.8) is 0 Å². The highest BCUT2D eigenvalue weighted by molar-refractivity contribution is 9.09. The minimum atomic E-state index is 0.411. The second kappa shape index (κ2) is 10.0. The van der Waals surface area contributed by atoms with E-state index in [1.807, 2.05) is 0 Å². The minimum Gasteiger partial charge on any atom is -0.305 e. The van der Waals surface area contributed by atoms with Gasteiger partial charge in [0.15, 0.2) is 0 Å². The summed E-state index contributed by atoms with van der Waals surface area (Å²) in [5.41, 5.74) is 0. The molecule has 0 saturated carbocycles. The van der Waals surface area contributed by atoms with E-state index >= 15 is 0 Å². The molecule has 0 saturated heterocycles. The molecule has 0 bridgehead atoms. The number of rotatable bonds is 8. The van der Waals surface area contributed by atoms with Gasteiger partial charge >= 0.3 is 0 Å². The van der Waals surface area contributed by atoms with Crippen LogP contribution in [0.4, 0.5) is 0 Å². The van der Waals surface area contributed by atoms with Crippen molar-refractivity contribution in [2.45, 2.75) is 51.6 Å². The Morgan fingerprint density at radius 1 is 1.17 bits per heavy atom. The molecule has 0 amide bonds. The van der Waals surface area contributed by atoms with Crippen LogP contribution in [0.2, 0.25) is 0 Å². The monoisotopic (exact) mass is 300 g/mol. The fourth-order valence-corrected chi connectivity index (χ4v) is 1.98. The fourth-order valence-electron chi connectivity index (χ4n) is 1.13. The van der Waals surface area contributed by atoms with E-state index in [-0.39, 0.29) is 0 Å². The standard InChI is InChI=1S/C9H18Br2O/c1-2-9(12-11)7-5-3-4-6-8-10/h9H,2-8H2,1H3. The Balaban J connectivity index is 3.06. The second-order valence-electron chi connectivity index (χ2n) is 3.01. The molecule has 1 unspecified atom stereocenters. The van der Waals surface area contributed by atoms with Gasteiger partial charge in [0.1, 0.15) is 0 Å². The van der Waals surface area contributed by atoms with Crippen molar-refractivity contribution in [2.24, 2.45) is 0 Å². The SMILES string of the molecule is CCC(CCCCCCBr)OBr. The predicted octanol–water partition coefficient (Wildman–Crippen LogP) is 4.44. The van der Waals surface area contributed by atoms with Gasteiger partial charge in [0.2, 0.25) is 0 Å². The van der Waals surface area contributed by atoms with Crippen LogP contribution in [-0.2, 0) is 3.83 Å². The van der Waals surface area contributed by atoms with E-state index in [4.69, 9.17) is 3.83 Å². The Hall–Kier alpha value is 0.920. The summed E-state index contributed by atoms with van der Waals surface area (Å²) >= 11 is 6.48. The summed E-state index contributed by atoms with van der Waals surface area (Å²) in [6, 6.07) is 0. The molecule has 0 aliphatic carbocycles. The topological polar surface area (TPSA) is 9.23 Å². The lowest BCUT2D eigenvalue weighted by Gasteiger charge is -2.09. The van der Waals surface area contributed by atoms with Crippen molar-refractivity contribution in [1.29, 1.82) is 0 Å². The summed E-state index contributed by atoms with van der Waals surface area (Å²) in [4.78, 5) is 0. The molecule has 0 spiro atoms. The largest absolute Gasteiger partial charge is 0.305 e. The zero-order valence-electron chi connectivity index (χ0n) is 7.69. The normalized spacial score (nSPS) is 13.2. The van der Waals surface area contributed by atoms with Gasteiger partial charge in [-0.3, -0.25) is 0 Å². The number of hydrogen-bond donors (Lipinski definition) is 0. The quantitative estimate of drug-likeness (QED) is 0.476. The zero-order chi connectivity index (χ0) is 9.23. The van der Waals surface area contributed by atoms with Crippen LogP contribution in [0.1, 0.15) is 45.4 Å². The molecule has 1 nitrogen and oxygen atoms in total. The summed E-state index contributed by atoms with van der Waals surface area (Å²) in [5.74, 6) is 0. The lowest BCUT2D eigenvalue weighted by Crippen LogP contribution is -2.04. The first-order chi connectivity index (χ1) is 5.85. The van der Waals surface area contributed by atoms with Crippen LogP contribution in [-0.4, -0.2) is 11.4 Å². The molecule has 1 atom stereocenters. The Bertz CT molecular complexity index is 84.6. The van der Waals surface area contributed by atoms with Gasteiger partial charge in [0.05, 0.1) is 22.4 Å². The van der Waals surface area contributed by atoms with Crippen LogP contribution < -0.4 is 0 Å². The van der Waals surface area contributed by atoms with E-state index in [1.165, 1.54) is 32.1 Å². The molecule has 0 rings (SSSR count). The zero-order valence-corrected chi connectivity index (χ0v) is 10.9. The molecule has 0 heterocycles. The maximum absolute atomic E-state index is 5.11. The van der Waals surface area contributed by atoms with E-state index in [9.17, 15) is 0 Å². The third kappa shape index (κ3) is 7.56. The van der Waals surface area contributed by atoms with Crippen molar-refractivity contribution >= 4 is 32.2 Å². The van der Waals surface area contributed by atoms with E-state index in [0.29, 0.717) is 6.10 Å². The fraction of sp³-hybridized carbons (Fsp3) is 1.00. The van der Waals surface area contributed by atoms with Crippen molar-refractivity contribution in [3.8, 4) is 0 Å². The highest BCUT2D eigenvalue weighted by Crippen LogP contribution is 2.13. The molecule has 74 valence electrons.